The SMILES string of the molecule is CCOCCOc1ccccc1-c1nc(N)nc(C)c1C(=O)NN. The molecule has 0 aliphatic rings. The second-order valence-electron chi connectivity index (χ2n) is 4.91. The molecule has 0 aliphatic carbocycles. The van der Waals surface area contributed by atoms with Gasteiger partial charge in [-0.15, -0.1) is 0 Å². The lowest BCUT2D eigenvalue weighted by Gasteiger charge is -2.15. The highest BCUT2D eigenvalue weighted by Gasteiger charge is 2.21. The number of hydrazine groups is 1. The van der Waals surface area contributed by atoms with Crippen molar-refractivity contribution in [3.05, 3.63) is 35.5 Å². The van der Waals surface area contributed by atoms with Gasteiger partial charge >= 0.3 is 0 Å². The molecule has 128 valence electrons. The largest absolute Gasteiger partial charge is 0.490 e. The molecule has 0 bridgehead atoms. The Bertz CT molecular complexity index is 721. The van der Waals surface area contributed by atoms with Gasteiger partial charge in [-0.3, -0.25) is 10.2 Å². The minimum absolute atomic E-state index is 0.0696. The maximum absolute atomic E-state index is 12.1. The maximum Gasteiger partial charge on any atom is 0.269 e. The van der Waals surface area contributed by atoms with E-state index in [1.807, 2.05) is 19.1 Å². The molecule has 1 heterocycles. The zero-order valence-corrected chi connectivity index (χ0v) is 13.7. The first kappa shape index (κ1) is 17.6. The van der Waals surface area contributed by atoms with Gasteiger partial charge in [-0.25, -0.2) is 15.8 Å². The Morgan fingerprint density at radius 3 is 2.71 bits per heavy atom. The number of ether oxygens (including phenoxy) is 2. The quantitative estimate of drug-likeness (QED) is 0.300. The van der Waals surface area contributed by atoms with E-state index in [0.29, 0.717) is 42.5 Å². The molecular weight excluding hydrogens is 310 g/mol. The van der Waals surface area contributed by atoms with E-state index in [4.69, 9.17) is 21.1 Å². The molecule has 0 aliphatic heterocycles. The molecule has 0 saturated heterocycles. The van der Waals surface area contributed by atoms with Crippen molar-refractivity contribution in [2.45, 2.75) is 13.8 Å². The van der Waals surface area contributed by atoms with Crippen LogP contribution in [0.15, 0.2) is 24.3 Å². The molecule has 8 nitrogen and oxygen atoms in total. The minimum atomic E-state index is -0.494. The molecule has 2 rings (SSSR count). The molecule has 1 amide bonds. The number of amides is 1. The Morgan fingerprint density at radius 2 is 2.00 bits per heavy atom. The standard InChI is InChI=1S/C16H21N5O3/c1-3-23-8-9-24-12-7-5-4-6-11(12)14-13(15(22)21-18)10(2)19-16(17)20-14/h4-7H,3,8-9,18H2,1-2H3,(H,21,22)(H2,17,19,20). The number of nitrogens with one attached hydrogen (secondary N) is 1. The first-order valence-corrected chi connectivity index (χ1v) is 7.53. The lowest BCUT2D eigenvalue weighted by atomic mass is 10.0. The van der Waals surface area contributed by atoms with E-state index in [-0.39, 0.29) is 11.5 Å². The first-order valence-electron chi connectivity index (χ1n) is 7.53. The molecule has 0 spiro atoms. The summed E-state index contributed by atoms with van der Waals surface area (Å²) in [6.45, 7) is 5.05. The zero-order chi connectivity index (χ0) is 17.5. The summed E-state index contributed by atoms with van der Waals surface area (Å²) in [6.07, 6.45) is 0. The molecule has 0 fully saturated rings. The van der Waals surface area contributed by atoms with Crippen LogP contribution >= 0.6 is 0 Å². The zero-order valence-electron chi connectivity index (χ0n) is 13.7. The number of anilines is 1. The second kappa shape index (κ2) is 8.23. The van der Waals surface area contributed by atoms with Crippen LogP contribution in [-0.2, 0) is 4.74 Å². The number of nitrogens with two attached hydrogens (primary N) is 2. The number of hydrogen-bond donors (Lipinski definition) is 3. The third kappa shape index (κ3) is 3.98. The number of aryl methyl sites for hydroxylation is 1. The molecule has 8 heteroatoms. The summed E-state index contributed by atoms with van der Waals surface area (Å²) in [4.78, 5) is 20.4. The molecule has 2 aromatic rings. The number of nitrogens with zero attached hydrogens (tertiary/aromatic N) is 2. The second-order valence-corrected chi connectivity index (χ2v) is 4.91. The number of hydrogen-bond acceptors (Lipinski definition) is 7. The predicted molar refractivity (Wildman–Crippen MR) is 90.3 cm³/mol. The molecular formula is C16H21N5O3. The monoisotopic (exact) mass is 331 g/mol. The van der Waals surface area contributed by atoms with E-state index in [9.17, 15) is 4.79 Å². The van der Waals surface area contributed by atoms with Crippen LogP contribution in [0.3, 0.4) is 0 Å². The lowest BCUT2D eigenvalue weighted by molar-refractivity contribution is 0.0953. The number of para-hydroxylation sites is 1. The molecule has 0 unspecified atom stereocenters. The maximum atomic E-state index is 12.1. The predicted octanol–water partition coefficient (Wildman–Crippen LogP) is 1.05. The Labute approximate surface area is 140 Å². The van der Waals surface area contributed by atoms with Crippen molar-refractivity contribution in [1.29, 1.82) is 0 Å². The molecule has 0 atom stereocenters. The van der Waals surface area contributed by atoms with E-state index in [0.717, 1.165) is 0 Å². The van der Waals surface area contributed by atoms with E-state index in [2.05, 4.69) is 15.4 Å². The van der Waals surface area contributed by atoms with E-state index in [1.165, 1.54) is 0 Å². The van der Waals surface area contributed by atoms with Gasteiger partial charge in [0, 0.05) is 12.2 Å². The van der Waals surface area contributed by atoms with Crippen LogP contribution in [0.25, 0.3) is 11.3 Å². The van der Waals surface area contributed by atoms with Crippen LogP contribution in [0.1, 0.15) is 23.0 Å². The van der Waals surface area contributed by atoms with Gasteiger partial charge in [0.15, 0.2) is 0 Å². The Morgan fingerprint density at radius 1 is 1.25 bits per heavy atom. The number of aromatic nitrogens is 2. The highest BCUT2D eigenvalue weighted by Crippen LogP contribution is 2.32. The average molecular weight is 331 g/mol. The molecule has 5 N–H and O–H groups in total. The first-order chi connectivity index (χ1) is 11.6. The fourth-order valence-corrected chi connectivity index (χ4v) is 2.28. The van der Waals surface area contributed by atoms with Crippen LogP contribution in [0.4, 0.5) is 5.95 Å². The Balaban J connectivity index is 2.46. The van der Waals surface area contributed by atoms with Crippen molar-refractivity contribution in [2.24, 2.45) is 5.84 Å². The summed E-state index contributed by atoms with van der Waals surface area (Å²) < 4.78 is 11.0. The van der Waals surface area contributed by atoms with E-state index in [1.54, 1.807) is 19.1 Å². The molecule has 0 saturated carbocycles. The van der Waals surface area contributed by atoms with Gasteiger partial charge in [0.25, 0.3) is 5.91 Å². The third-order valence-corrected chi connectivity index (χ3v) is 3.30. The normalized spacial score (nSPS) is 10.5. The summed E-state index contributed by atoms with van der Waals surface area (Å²) >= 11 is 0. The van der Waals surface area contributed by atoms with Crippen molar-refractivity contribution in [2.75, 3.05) is 25.6 Å². The Kier molecular flexibility index (Phi) is 6.05. The van der Waals surface area contributed by atoms with E-state index < -0.39 is 5.91 Å². The molecule has 1 aromatic carbocycles. The fourth-order valence-electron chi connectivity index (χ4n) is 2.28. The summed E-state index contributed by atoms with van der Waals surface area (Å²) in [5, 5.41) is 0. The molecule has 24 heavy (non-hydrogen) atoms. The van der Waals surface area contributed by atoms with Crippen molar-refractivity contribution in [1.82, 2.24) is 15.4 Å². The highest BCUT2D eigenvalue weighted by molar-refractivity contribution is 6.01. The number of nitrogen functional groups attached to an aromatic ring is 2. The fraction of sp³-hybridized carbons (Fsp3) is 0.312. The lowest BCUT2D eigenvalue weighted by Crippen LogP contribution is -2.31. The van der Waals surface area contributed by atoms with Crippen LogP contribution in [0, 0.1) is 6.92 Å². The van der Waals surface area contributed by atoms with Gasteiger partial charge in [0.2, 0.25) is 5.95 Å². The average Bonchev–Trinajstić information content (AvgIpc) is 2.58. The topological polar surface area (TPSA) is 125 Å². The van der Waals surface area contributed by atoms with Gasteiger partial charge in [-0.05, 0) is 26.0 Å². The van der Waals surface area contributed by atoms with Crippen molar-refractivity contribution < 1.29 is 14.3 Å². The summed E-state index contributed by atoms with van der Waals surface area (Å²) in [7, 11) is 0. The van der Waals surface area contributed by atoms with Gasteiger partial charge in [-0.1, -0.05) is 12.1 Å². The van der Waals surface area contributed by atoms with Crippen LogP contribution in [-0.4, -0.2) is 35.7 Å². The summed E-state index contributed by atoms with van der Waals surface area (Å²) in [5.74, 6) is 5.42. The van der Waals surface area contributed by atoms with Crippen molar-refractivity contribution >= 4 is 11.9 Å². The molecule has 1 aromatic heterocycles. The van der Waals surface area contributed by atoms with Gasteiger partial charge in [0.1, 0.15) is 12.4 Å². The number of carbonyl (C=O) groups excluding carboxylic acids is 1. The Hall–Kier alpha value is -2.71. The highest BCUT2D eigenvalue weighted by atomic mass is 16.5. The van der Waals surface area contributed by atoms with Crippen LogP contribution in [0.5, 0.6) is 5.75 Å². The smallest absolute Gasteiger partial charge is 0.269 e. The van der Waals surface area contributed by atoms with E-state index >= 15 is 0 Å². The number of benzene rings is 1. The summed E-state index contributed by atoms with van der Waals surface area (Å²) in [5.41, 5.74) is 9.55. The molecule has 0 radical (unpaired) electrons. The van der Waals surface area contributed by atoms with Crippen LogP contribution < -0.4 is 21.7 Å². The van der Waals surface area contributed by atoms with Crippen LogP contribution in [0.2, 0.25) is 0 Å². The van der Waals surface area contributed by atoms with Gasteiger partial charge in [-0.2, -0.15) is 0 Å². The summed E-state index contributed by atoms with van der Waals surface area (Å²) in [6, 6.07) is 7.24. The van der Waals surface area contributed by atoms with Crippen molar-refractivity contribution in [3.63, 3.8) is 0 Å². The third-order valence-electron chi connectivity index (χ3n) is 3.30. The number of rotatable bonds is 7. The van der Waals surface area contributed by atoms with Gasteiger partial charge < -0.3 is 15.2 Å². The minimum Gasteiger partial charge on any atom is -0.490 e. The number of carbonyl (C=O) groups is 1. The van der Waals surface area contributed by atoms with Gasteiger partial charge in [0.05, 0.1) is 23.6 Å². The van der Waals surface area contributed by atoms with Crippen molar-refractivity contribution in [3.8, 4) is 17.0 Å².